The fraction of sp³-hybridized carbons (Fsp3) is 0.364. The Kier molecular flexibility index (Phi) is 5.58. The molecule has 0 unspecified atom stereocenters. The molecule has 0 aliphatic carbocycles. The van der Waals surface area contributed by atoms with Crippen LogP contribution < -0.4 is 10.2 Å². The Morgan fingerprint density at radius 3 is 2.93 bits per heavy atom. The second kappa shape index (κ2) is 8.29. The van der Waals surface area contributed by atoms with Crippen LogP contribution in [0.1, 0.15) is 28.8 Å². The molecule has 150 valence electrons. The van der Waals surface area contributed by atoms with Gasteiger partial charge < -0.3 is 19.4 Å². The largest absolute Gasteiger partial charge is 0.437 e. The molecule has 0 bridgehead atoms. The van der Waals surface area contributed by atoms with E-state index < -0.39 is 0 Å². The lowest BCUT2D eigenvalue weighted by atomic mass is 9.96. The highest BCUT2D eigenvalue weighted by Crippen LogP contribution is 2.31. The van der Waals surface area contributed by atoms with Crippen LogP contribution in [-0.2, 0) is 4.74 Å². The average Bonchev–Trinajstić information content (AvgIpc) is 3.11. The Morgan fingerprint density at radius 2 is 2.17 bits per heavy atom. The molecule has 3 heterocycles. The molecule has 3 aromatic rings. The summed E-state index contributed by atoms with van der Waals surface area (Å²) in [6.07, 6.45) is 5.53. The van der Waals surface area contributed by atoms with Gasteiger partial charge in [0.05, 0.1) is 5.56 Å². The number of fused-ring (bicyclic) bond motifs is 1. The summed E-state index contributed by atoms with van der Waals surface area (Å²) in [7, 11) is 3.88. The predicted molar refractivity (Wildman–Crippen MR) is 116 cm³/mol. The van der Waals surface area contributed by atoms with Crippen molar-refractivity contribution in [1.29, 1.82) is 0 Å². The molecule has 0 radical (unpaired) electrons. The molecule has 6 nitrogen and oxygen atoms in total. The number of H-pyrrole nitrogens is 1. The molecule has 1 saturated heterocycles. The third-order valence-corrected chi connectivity index (χ3v) is 5.53. The summed E-state index contributed by atoms with van der Waals surface area (Å²) in [4.78, 5) is 22.7. The molecule has 1 aliphatic rings. The van der Waals surface area contributed by atoms with Crippen molar-refractivity contribution in [3.8, 4) is 11.6 Å². The number of aromatic nitrogens is 2. The summed E-state index contributed by atoms with van der Waals surface area (Å²) in [5.74, 6) is 1.67. The quantitative estimate of drug-likeness (QED) is 0.679. The van der Waals surface area contributed by atoms with Crippen molar-refractivity contribution < 1.29 is 14.3 Å². The maximum atomic E-state index is 13.2. The highest BCUT2D eigenvalue weighted by atomic mass is 16.5. The van der Waals surface area contributed by atoms with Crippen LogP contribution in [0.5, 0.6) is 11.6 Å². The number of carbonyl (C=O) groups is 1. The maximum Gasteiger partial charge on any atom is 0.255 e. The van der Waals surface area contributed by atoms with Crippen molar-refractivity contribution in [2.75, 3.05) is 26.8 Å². The summed E-state index contributed by atoms with van der Waals surface area (Å²) in [5.41, 5.74) is 3.46. The Hall–Kier alpha value is -2.80. The van der Waals surface area contributed by atoms with Gasteiger partial charge in [-0.3, -0.25) is 4.79 Å². The minimum atomic E-state index is -0.0150. The number of hydrogen-bond donors (Lipinski definition) is 1. The van der Waals surface area contributed by atoms with Crippen molar-refractivity contribution in [3.05, 3.63) is 47.8 Å². The zero-order valence-electron chi connectivity index (χ0n) is 17.2. The second-order valence-corrected chi connectivity index (χ2v) is 7.86. The van der Waals surface area contributed by atoms with E-state index in [2.05, 4.69) is 9.97 Å². The van der Waals surface area contributed by atoms with E-state index in [4.69, 9.17) is 9.47 Å². The highest BCUT2D eigenvalue weighted by molar-refractivity contribution is 6.32. The van der Waals surface area contributed by atoms with Gasteiger partial charge in [-0.05, 0) is 43.4 Å². The number of hydrogen-bond acceptors (Lipinski definition) is 4. The molecule has 29 heavy (non-hydrogen) atoms. The van der Waals surface area contributed by atoms with E-state index >= 15 is 0 Å². The Balaban J connectivity index is 1.62. The van der Waals surface area contributed by atoms with Crippen molar-refractivity contribution in [3.63, 3.8) is 0 Å². The van der Waals surface area contributed by atoms with Crippen LogP contribution in [0.2, 0.25) is 0 Å². The molecule has 1 N–H and O–H groups in total. The zero-order valence-corrected chi connectivity index (χ0v) is 17.2. The fourth-order valence-electron chi connectivity index (χ4n) is 3.92. The topological polar surface area (TPSA) is 67.4 Å². The van der Waals surface area contributed by atoms with Gasteiger partial charge in [0.25, 0.3) is 5.91 Å². The smallest absolute Gasteiger partial charge is 0.255 e. The molecule has 0 saturated carbocycles. The summed E-state index contributed by atoms with van der Waals surface area (Å²) < 4.78 is 11.4. The molecular formula is C22H26BN3O3. The summed E-state index contributed by atoms with van der Waals surface area (Å²) in [5, 5.41) is 0.867. The van der Waals surface area contributed by atoms with Crippen LogP contribution in [0.15, 0.2) is 36.7 Å². The number of carbonyl (C=O) groups excluding carboxylic acids is 1. The highest BCUT2D eigenvalue weighted by Gasteiger charge is 2.23. The number of aromatic amines is 1. The minimum Gasteiger partial charge on any atom is -0.437 e. The van der Waals surface area contributed by atoms with E-state index in [9.17, 15) is 4.79 Å². The Labute approximate surface area is 171 Å². The first-order chi connectivity index (χ1) is 14.0. The van der Waals surface area contributed by atoms with Gasteiger partial charge in [0.15, 0.2) is 0 Å². The summed E-state index contributed by atoms with van der Waals surface area (Å²) >= 11 is 0. The standard InChI is InChI=1S/C22H26BN3O3/c1-14-11-24-20-19(14)18(22(27)26(2)13-15-6-8-28-9-7-15)12-25-21(20)29-17-5-3-4-16(23)10-17/h3-5,10-12,15,24H,6-9,13,23H2,1-2H3. The number of pyridine rings is 1. The van der Waals surface area contributed by atoms with Crippen LogP contribution in [0.25, 0.3) is 10.9 Å². The van der Waals surface area contributed by atoms with E-state index in [1.165, 1.54) is 0 Å². The number of benzene rings is 1. The van der Waals surface area contributed by atoms with Gasteiger partial charge in [0.1, 0.15) is 19.1 Å². The lowest BCUT2D eigenvalue weighted by Crippen LogP contribution is -2.34. The van der Waals surface area contributed by atoms with Crippen LogP contribution in [-0.4, -0.2) is 55.4 Å². The average molecular weight is 391 g/mol. The van der Waals surface area contributed by atoms with Gasteiger partial charge in [0.2, 0.25) is 5.88 Å². The first-order valence-electron chi connectivity index (χ1n) is 10.1. The van der Waals surface area contributed by atoms with E-state index in [-0.39, 0.29) is 5.91 Å². The van der Waals surface area contributed by atoms with Crippen molar-refractivity contribution in [2.24, 2.45) is 5.92 Å². The molecule has 2 aromatic heterocycles. The van der Waals surface area contributed by atoms with E-state index in [1.807, 2.05) is 52.3 Å². The number of amides is 1. The van der Waals surface area contributed by atoms with Crippen molar-refractivity contribution in [2.45, 2.75) is 19.8 Å². The fourth-order valence-corrected chi connectivity index (χ4v) is 3.92. The number of rotatable bonds is 5. The molecule has 4 rings (SSSR count). The van der Waals surface area contributed by atoms with Gasteiger partial charge >= 0.3 is 0 Å². The second-order valence-electron chi connectivity index (χ2n) is 7.86. The first-order valence-corrected chi connectivity index (χ1v) is 10.1. The van der Waals surface area contributed by atoms with Gasteiger partial charge in [-0.1, -0.05) is 17.6 Å². The van der Waals surface area contributed by atoms with Gasteiger partial charge in [-0.15, -0.1) is 0 Å². The van der Waals surface area contributed by atoms with Crippen molar-refractivity contribution in [1.82, 2.24) is 14.9 Å². The molecule has 0 spiro atoms. The SMILES string of the molecule is Bc1cccc(Oc2ncc(C(=O)N(C)CC3CCOCC3)c3c(C)c[nH]c23)c1. The molecule has 1 aliphatic heterocycles. The number of aryl methyl sites for hydroxylation is 1. The third kappa shape index (κ3) is 4.15. The van der Waals surface area contributed by atoms with Crippen LogP contribution in [0.3, 0.4) is 0 Å². The number of nitrogens with one attached hydrogen (secondary N) is 1. The molecule has 0 atom stereocenters. The molecule has 7 heteroatoms. The van der Waals surface area contributed by atoms with E-state index in [0.29, 0.717) is 17.4 Å². The van der Waals surface area contributed by atoms with Gasteiger partial charge in [-0.25, -0.2) is 4.98 Å². The minimum absolute atomic E-state index is 0.0150. The molecule has 1 fully saturated rings. The van der Waals surface area contributed by atoms with Crippen LogP contribution in [0.4, 0.5) is 0 Å². The zero-order chi connectivity index (χ0) is 20.4. The Bertz CT molecular complexity index is 1030. The first kappa shape index (κ1) is 19.5. The summed E-state index contributed by atoms with van der Waals surface area (Å²) in [6.45, 7) is 4.28. The monoisotopic (exact) mass is 391 g/mol. The summed E-state index contributed by atoms with van der Waals surface area (Å²) in [6, 6.07) is 7.83. The lowest BCUT2D eigenvalue weighted by molar-refractivity contribution is 0.0498. The predicted octanol–water partition coefficient (Wildman–Crippen LogP) is 2.42. The van der Waals surface area contributed by atoms with E-state index in [1.54, 1.807) is 11.1 Å². The maximum absolute atomic E-state index is 13.2. The lowest BCUT2D eigenvalue weighted by Gasteiger charge is -2.27. The normalized spacial score (nSPS) is 14.8. The molecular weight excluding hydrogens is 365 g/mol. The van der Waals surface area contributed by atoms with Gasteiger partial charge in [0, 0.05) is 44.6 Å². The third-order valence-electron chi connectivity index (χ3n) is 5.53. The number of nitrogens with zero attached hydrogens (tertiary/aromatic N) is 2. The molecule has 1 amide bonds. The molecule has 1 aromatic carbocycles. The van der Waals surface area contributed by atoms with Gasteiger partial charge in [-0.2, -0.15) is 0 Å². The van der Waals surface area contributed by atoms with Crippen LogP contribution >= 0.6 is 0 Å². The van der Waals surface area contributed by atoms with Crippen molar-refractivity contribution >= 4 is 30.1 Å². The number of ether oxygens (including phenoxy) is 2. The Morgan fingerprint density at radius 1 is 1.38 bits per heavy atom. The van der Waals surface area contributed by atoms with Crippen LogP contribution in [0, 0.1) is 12.8 Å². The van der Waals surface area contributed by atoms with E-state index in [0.717, 1.165) is 60.3 Å².